The number of hydrogen-bond acceptors (Lipinski definition) is 6. The average molecular weight is 359 g/mol. The largest absolute Gasteiger partial charge is 0.480 e. The van der Waals surface area contributed by atoms with E-state index in [4.69, 9.17) is 9.63 Å². The number of likely N-dealkylation sites (tertiary alicyclic amines) is 1. The molecule has 0 radical (unpaired) electrons. The molecule has 0 aromatic carbocycles. The van der Waals surface area contributed by atoms with Gasteiger partial charge in [0.05, 0.1) is 6.54 Å². The fraction of sp³-hybridized carbons (Fsp3) is 0.667. The fourth-order valence-corrected chi connectivity index (χ4v) is 4.26. The SMILES string of the molecule is O=C(O)Cn1nccc1C1CCCN(Cc2noc(C3CCCC3)n2)C1. The highest BCUT2D eigenvalue weighted by Gasteiger charge is 2.27. The van der Waals surface area contributed by atoms with Gasteiger partial charge in [-0.1, -0.05) is 18.0 Å². The zero-order chi connectivity index (χ0) is 17.9. The molecule has 2 aromatic heterocycles. The van der Waals surface area contributed by atoms with E-state index in [2.05, 4.69) is 20.1 Å². The standard InChI is InChI=1S/C18H25N5O3/c24-17(25)12-23-15(7-8-19-23)14-6-3-9-22(10-14)11-16-20-18(26-21-16)13-4-1-2-5-13/h7-8,13-14H,1-6,9-12H2,(H,24,25). The maximum Gasteiger partial charge on any atom is 0.325 e. The van der Waals surface area contributed by atoms with Crippen molar-refractivity contribution in [2.45, 2.75) is 63.5 Å². The first kappa shape index (κ1) is 17.2. The van der Waals surface area contributed by atoms with Gasteiger partial charge in [0, 0.05) is 30.3 Å². The Kier molecular flexibility index (Phi) is 5.01. The predicted octanol–water partition coefficient (Wildman–Crippen LogP) is 2.39. The minimum atomic E-state index is -0.867. The first-order valence-electron chi connectivity index (χ1n) is 9.47. The lowest BCUT2D eigenvalue weighted by Crippen LogP contribution is -2.35. The summed E-state index contributed by atoms with van der Waals surface area (Å²) in [6, 6.07) is 1.93. The van der Waals surface area contributed by atoms with Crippen LogP contribution < -0.4 is 0 Å². The topological polar surface area (TPSA) is 97.3 Å². The molecule has 0 spiro atoms. The van der Waals surface area contributed by atoms with E-state index < -0.39 is 5.97 Å². The molecule has 8 heteroatoms. The number of carbonyl (C=O) groups is 1. The number of hydrogen-bond donors (Lipinski definition) is 1. The molecular formula is C18H25N5O3. The number of carboxylic acids is 1. The Morgan fingerprint density at radius 2 is 2.04 bits per heavy atom. The van der Waals surface area contributed by atoms with Crippen LogP contribution in [-0.2, 0) is 17.9 Å². The molecule has 1 atom stereocenters. The van der Waals surface area contributed by atoms with Gasteiger partial charge in [0.2, 0.25) is 5.89 Å². The highest BCUT2D eigenvalue weighted by Crippen LogP contribution is 2.33. The molecule has 0 bridgehead atoms. The Morgan fingerprint density at radius 1 is 1.23 bits per heavy atom. The summed E-state index contributed by atoms with van der Waals surface area (Å²) < 4.78 is 7.09. The van der Waals surface area contributed by atoms with Gasteiger partial charge in [-0.05, 0) is 38.3 Å². The lowest BCUT2D eigenvalue weighted by atomic mass is 9.94. The third kappa shape index (κ3) is 3.80. The molecule has 140 valence electrons. The van der Waals surface area contributed by atoms with Crippen LogP contribution in [0.15, 0.2) is 16.8 Å². The van der Waals surface area contributed by atoms with Crippen LogP contribution in [0.2, 0.25) is 0 Å². The lowest BCUT2D eigenvalue weighted by Gasteiger charge is -2.32. The van der Waals surface area contributed by atoms with Gasteiger partial charge in [0.15, 0.2) is 5.82 Å². The van der Waals surface area contributed by atoms with E-state index in [-0.39, 0.29) is 12.5 Å². The van der Waals surface area contributed by atoms with Crippen molar-refractivity contribution in [3.05, 3.63) is 29.7 Å². The average Bonchev–Trinajstić information content (AvgIpc) is 3.36. The Hall–Kier alpha value is -2.22. The molecule has 26 heavy (non-hydrogen) atoms. The van der Waals surface area contributed by atoms with Crippen LogP contribution in [-0.4, -0.2) is 49.0 Å². The fourth-order valence-electron chi connectivity index (χ4n) is 4.26. The van der Waals surface area contributed by atoms with Crippen molar-refractivity contribution in [3.63, 3.8) is 0 Å². The monoisotopic (exact) mass is 359 g/mol. The second-order valence-electron chi connectivity index (χ2n) is 7.41. The van der Waals surface area contributed by atoms with Gasteiger partial charge in [0.25, 0.3) is 0 Å². The molecule has 4 rings (SSSR count). The third-order valence-corrected chi connectivity index (χ3v) is 5.51. The molecule has 1 unspecified atom stereocenters. The van der Waals surface area contributed by atoms with Crippen molar-refractivity contribution >= 4 is 5.97 Å². The predicted molar refractivity (Wildman–Crippen MR) is 92.6 cm³/mol. The first-order chi connectivity index (χ1) is 12.7. The van der Waals surface area contributed by atoms with E-state index in [0.717, 1.165) is 56.2 Å². The lowest BCUT2D eigenvalue weighted by molar-refractivity contribution is -0.137. The Bertz CT molecular complexity index is 750. The van der Waals surface area contributed by atoms with Crippen molar-refractivity contribution in [1.82, 2.24) is 24.8 Å². The van der Waals surface area contributed by atoms with Gasteiger partial charge in [-0.25, -0.2) is 0 Å². The summed E-state index contributed by atoms with van der Waals surface area (Å²) >= 11 is 0. The number of piperidine rings is 1. The molecule has 3 heterocycles. The Morgan fingerprint density at radius 3 is 2.85 bits per heavy atom. The van der Waals surface area contributed by atoms with Crippen molar-refractivity contribution in [1.29, 1.82) is 0 Å². The third-order valence-electron chi connectivity index (χ3n) is 5.51. The summed E-state index contributed by atoms with van der Waals surface area (Å²) in [5.74, 6) is 1.41. The quantitative estimate of drug-likeness (QED) is 0.845. The van der Waals surface area contributed by atoms with E-state index >= 15 is 0 Å². The summed E-state index contributed by atoms with van der Waals surface area (Å²) in [6.45, 7) is 2.45. The summed E-state index contributed by atoms with van der Waals surface area (Å²) in [4.78, 5) is 18.0. The smallest absolute Gasteiger partial charge is 0.325 e. The molecule has 1 aliphatic heterocycles. The van der Waals surface area contributed by atoms with Crippen molar-refractivity contribution < 1.29 is 14.4 Å². The molecule has 0 amide bonds. The molecule has 1 aliphatic carbocycles. The minimum Gasteiger partial charge on any atom is -0.480 e. The Labute approximate surface area is 152 Å². The molecular weight excluding hydrogens is 334 g/mol. The maximum atomic E-state index is 11.0. The Balaban J connectivity index is 1.39. The van der Waals surface area contributed by atoms with Gasteiger partial charge < -0.3 is 9.63 Å². The van der Waals surface area contributed by atoms with Crippen LogP contribution in [0.25, 0.3) is 0 Å². The number of rotatable bonds is 6. The van der Waals surface area contributed by atoms with Gasteiger partial charge in [-0.15, -0.1) is 0 Å². The van der Waals surface area contributed by atoms with E-state index in [1.165, 1.54) is 12.8 Å². The van der Waals surface area contributed by atoms with Gasteiger partial charge in [-0.2, -0.15) is 10.1 Å². The van der Waals surface area contributed by atoms with Crippen molar-refractivity contribution in [2.75, 3.05) is 13.1 Å². The highest BCUT2D eigenvalue weighted by molar-refractivity contribution is 5.66. The van der Waals surface area contributed by atoms with E-state index in [1.807, 2.05) is 6.07 Å². The maximum absolute atomic E-state index is 11.0. The molecule has 1 saturated carbocycles. The van der Waals surface area contributed by atoms with Crippen LogP contribution in [0.3, 0.4) is 0 Å². The van der Waals surface area contributed by atoms with E-state index in [0.29, 0.717) is 12.5 Å². The number of nitrogens with zero attached hydrogens (tertiary/aromatic N) is 5. The van der Waals surface area contributed by atoms with Crippen molar-refractivity contribution in [3.8, 4) is 0 Å². The van der Waals surface area contributed by atoms with Crippen LogP contribution >= 0.6 is 0 Å². The second kappa shape index (κ2) is 7.57. The van der Waals surface area contributed by atoms with Gasteiger partial charge >= 0.3 is 5.97 Å². The summed E-state index contributed by atoms with van der Waals surface area (Å²) in [7, 11) is 0. The van der Waals surface area contributed by atoms with Crippen LogP contribution in [0.5, 0.6) is 0 Å². The summed E-state index contributed by atoms with van der Waals surface area (Å²) in [5, 5.41) is 17.4. The van der Waals surface area contributed by atoms with Gasteiger partial charge in [0.1, 0.15) is 6.54 Å². The van der Waals surface area contributed by atoms with Crippen LogP contribution in [0, 0.1) is 0 Å². The van der Waals surface area contributed by atoms with Crippen LogP contribution in [0.4, 0.5) is 0 Å². The van der Waals surface area contributed by atoms with Gasteiger partial charge in [-0.3, -0.25) is 14.4 Å². The number of aromatic nitrogens is 4. The van der Waals surface area contributed by atoms with Crippen LogP contribution in [0.1, 0.15) is 67.8 Å². The number of carboxylic acid groups (broad SMARTS) is 1. The molecule has 1 N–H and O–H groups in total. The highest BCUT2D eigenvalue weighted by atomic mass is 16.5. The summed E-state index contributed by atoms with van der Waals surface area (Å²) in [6.07, 6.45) is 8.60. The zero-order valence-corrected chi connectivity index (χ0v) is 14.9. The summed E-state index contributed by atoms with van der Waals surface area (Å²) in [5.41, 5.74) is 0.997. The number of aliphatic carboxylic acids is 1. The molecule has 1 saturated heterocycles. The molecule has 2 aromatic rings. The normalized spacial score (nSPS) is 22.1. The molecule has 2 fully saturated rings. The van der Waals surface area contributed by atoms with Crippen molar-refractivity contribution in [2.24, 2.45) is 0 Å². The van der Waals surface area contributed by atoms with E-state index in [1.54, 1.807) is 10.9 Å². The second-order valence-corrected chi connectivity index (χ2v) is 7.41. The molecule has 8 nitrogen and oxygen atoms in total. The van der Waals surface area contributed by atoms with E-state index in [9.17, 15) is 4.79 Å². The molecule has 2 aliphatic rings. The zero-order valence-electron chi connectivity index (χ0n) is 14.9. The minimum absolute atomic E-state index is 0.0889. The first-order valence-corrected chi connectivity index (χ1v) is 9.47.